The number of para-hydroxylation sites is 1. The van der Waals surface area contributed by atoms with E-state index in [9.17, 15) is 4.79 Å². The molecule has 1 aromatic carbocycles. The maximum atomic E-state index is 12.9. The summed E-state index contributed by atoms with van der Waals surface area (Å²) in [5.41, 5.74) is 5.41. The Morgan fingerprint density at radius 3 is 2.38 bits per heavy atom. The van der Waals surface area contributed by atoms with E-state index in [4.69, 9.17) is 0 Å². The molecule has 0 atom stereocenters. The van der Waals surface area contributed by atoms with Crippen molar-refractivity contribution in [2.45, 2.75) is 45.7 Å². The van der Waals surface area contributed by atoms with Crippen LogP contribution in [-0.4, -0.2) is 49.4 Å². The van der Waals surface area contributed by atoms with Gasteiger partial charge in [-0.15, -0.1) is 10.2 Å². The molecule has 0 saturated heterocycles. The lowest BCUT2D eigenvalue weighted by Crippen LogP contribution is -2.33. The minimum absolute atomic E-state index is 0.0671. The first-order valence-electron chi connectivity index (χ1n) is 11.0. The molecule has 0 aliphatic heterocycles. The quantitative estimate of drug-likeness (QED) is 0.323. The van der Waals surface area contributed by atoms with Gasteiger partial charge in [0.15, 0.2) is 11.0 Å². The van der Waals surface area contributed by atoms with Gasteiger partial charge in [0.25, 0.3) is 0 Å². The van der Waals surface area contributed by atoms with Crippen molar-refractivity contribution in [1.82, 2.24) is 24.6 Å². The van der Waals surface area contributed by atoms with Gasteiger partial charge in [-0.05, 0) is 49.9 Å². The molecular formula is C25H31N5OS. The Morgan fingerprint density at radius 2 is 1.81 bits per heavy atom. The predicted molar refractivity (Wildman–Crippen MR) is 131 cm³/mol. The molecule has 6 nitrogen and oxygen atoms in total. The fourth-order valence-electron chi connectivity index (χ4n) is 3.67. The van der Waals surface area contributed by atoms with E-state index < -0.39 is 0 Å². The van der Waals surface area contributed by atoms with E-state index in [-0.39, 0.29) is 5.91 Å². The van der Waals surface area contributed by atoms with Crippen molar-refractivity contribution in [3.8, 4) is 17.1 Å². The molecule has 1 amide bonds. The number of carbonyl (C=O) groups is 1. The van der Waals surface area contributed by atoms with Crippen LogP contribution in [0.3, 0.4) is 0 Å². The molecule has 168 valence electrons. The third-order valence-corrected chi connectivity index (χ3v) is 6.18. The second-order valence-electron chi connectivity index (χ2n) is 7.67. The Morgan fingerprint density at radius 1 is 1.09 bits per heavy atom. The summed E-state index contributed by atoms with van der Waals surface area (Å²) in [6, 6.07) is 10.3. The number of rotatable bonds is 10. The smallest absolute Gasteiger partial charge is 0.233 e. The molecule has 7 heteroatoms. The first kappa shape index (κ1) is 23.7. The van der Waals surface area contributed by atoms with Crippen molar-refractivity contribution in [1.29, 1.82) is 0 Å². The molecule has 0 unspecified atom stereocenters. The van der Waals surface area contributed by atoms with Crippen molar-refractivity contribution < 1.29 is 4.79 Å². The number of hydrogen-bond donors (Lipinski definition) is 0. The van der Waals surface area contributed by atoms with Gasteiger partial charge in [0.05, 0.1) is 11.4 Å². The Hall–Kier alpha value is -2.93. The standard InChI is InChI=1S/C25H31N5OS/c1-6-19-11-9-12-20(7-2)23(19)30-24(21-13-10-14-26-15-21)27-28-25(30)32-17-22(31)29(8-3)16-18(4)5/h9-15H,4,6-8,16-17H2,1-3,5H3. The number of amides is 1. The molecule has 0 fully saturated rings. The summed E-state index contributed by atoms with van der Waals surface area (Å²) >= 11 is 1.42. The van der Waals surface area contributed by atoms with Gasteiger partial charge in [0, 0.05) is 31.0 Å². The Bertz CT molecular complexity index is 1050. The molecule has 0 aliphatic carbocycles. The summed E-state index contributed by atoms with van der Waals surface area (Å²) in [5, 5.41) is 9.72. The molecule has 32 heavy (non-hydrogen) atoms. The summed E-state index contributed by atoms with van der Waals surface area (Å²) in [4.78, 5) is 18.9. The topological polar surface area (TPSA) is 63.9 Å². The van der Waals surface area contributed by atoms with Gasteiger partial charge in [0.2, 0.25) is 5.91 Å². The van der Waals surface area contributed by atoms with E-state index in [1.807, 2.05) is 30.9 Å². The largest absolute Gasteiger partial charge is 0.338 e. The van der Waals surface area contributed by atoms with E-state index in [1.54, 1.807) is 12.4 Å². The maximum Gasteiger partial charge on any atom is 0.233 e. The zero-order chi connectivity index (χ0) is 23.1. The van der Waals surface area contributed by atoms with Gasteiger partial charge in [0.1, 0.15) is 0 Å². The van der Waals surface area contributed by atoms with Crippen LogP contribution in [0.1, 0.15) is 38.8 Å². The fourth-order valence-corrected chi connectivity index (χ4v) is 4.51. The predicted octanol–water partition coefficient (Wildman–Crippen LogP) is 4.97. The first-order valence-corrected chi connectivity index (χ1v) is 12.0. The van der Waals surface area contributed by atoms with Gasteiger partial charge < -0.3 is 4.90 Å². The van der Waals surface area contributed by atoms with Gasteiger partial charge >= 0.3 is 0 Å². The monoisotopic (exact) mass is 449 g/mol. The second-order valence-corrected chi connectivity index (χ2v) is 8.61. The number of aryl methyl sites for hydroxylation is 2. The van der Waals surface area contributed by atoms with Crippen molar-refractivity contribution in [2.75, 3.05) is 18.8 Å². The normalized spacial score (nSPS) is 10.9. The van der Waals surface area contributed by atoms with Crippen LogP contribution in [0.4, 0.5) is 0 Å². The van der Waals surface area contributed by atoms with Gasteiger partial charge in [-0.1, -0.05) is 56.0 Å². The highest BCUT2D eigenvalue weighted by atomic mass is 32.2. The van der Waals surface area contributed by atoms with Crippen molar-refractivity contribution in [3.05, 3.63) is 66.0 Å². The number of aromatic nitrogens is 4. The highest BCUT2D eigenvalue weighted by molar-refractivity contribution is 7.99. The number of carbonyl (C=O) groups excluding carboxylic acids is 1. The van der Waals surface area contributed by atoms with Crippen molar-refractivity contribution >= 4 is 17.7 Å². The molecule has 2 heterocycles. The molecule has 0 spiro atoms. The molecular weight excluding hydrogens is 418 g/mol. The third kappa shape index (κ3) is 5.27. The van der Waals surface area contributed by atoms with Gasteiger partial charge in [-0.25, -0.2) is 0 Å². The molecule has 0 bridgehead atoms. The highest BCUT2D eigenvalue weighted by Gasteiger charge is 2.22. The number of nitrogens with zero attached hydrogens (tertiary/aromatic N) is 5. The number of benzene rings is 1. The van der Waals surface area contributed by atoms with Crippen LogP contribution in [0, 0.1) is 0 Å². The zero-order valence-corrected chi connectivity index (χ0v) is 20.2. The molecule has 3 rings (SSSR count). The number of hydrogen-bond acceptors (Lipinski definition) is 5. The summed E-state index contributed by atoms with van der Waals surface area (Å²) in [5.74, 6) is 1.09. The Balaban J connectivity index is 2.05. The SMILES string of the molecule is C=C(C)CN(CC)C(=O)CSc1nnc(-c2cccnc2)n1-c1c(CC)cccc1CC. The van der Waals surface area contributed by atoms with Crippen molar-refractivity contribution in [2.24, 2.45) is 0 Å². The fraction of sp³-hybridized carbons (Fsp3) is 0.360. The van der Waals surface area contributed by atoms with Crippen molar-refractivity contribution in [3.63, 3.8) is 0 Å². The van der Waals surface area contributed by atoms with Crippen LogP contribution >= 0.6 is 11.8 Å². The van der Waals surface area contributed by atoms with E-state index in [0.717, 1.165) is 35.5 Å². The van der Waals surface area contributed by atoms with Crippen LogP contribution in [0.15, 0.2) is 60.0 Å². The molecule has 0 saturated carbocycles. The lowest BCUT2D eigenvalue weighted by Gasteiger charge is -2.21. The molecule has 0 radical (unpaired) electrons. The van der Waals surface area contributed by atoms with Gasteiger partial charge in [-0.3, -0.25) is 14.3 Å². The number of thioether (sulfide) groups is 1. The van der Waals surface area contributed by atoms with Crippen LogP contribution in [0.2, 0.25) is 0 Å². The summed E-state index contributed by atoms with van der Waals surface area (Å²) in [6.45, 7) is 13.4. The molecule has 0 N–H and O–H groups in total. The van der Waals surface area contributed by atoms with Crippen LogP contribution < -0.4 is 0 Å². The Kier molecular flexibility index (Phi) is 8.22. The average Bonchev–Trinajstić information content (AvgIpc) is 3.24. The van der Waals surface area contributed by atoms with E-state index in [2.05, 4.69) is 58.4 Å². The lowest BCUT2D eigenvalue weighted by molar-refractivity contribution is -0.127. The maximum absolute atomic E-state index is 12.9. The van der Waals surface area contributed by atoms with Crippen LogP contribution in [-0.2, 0) is 17.6 Å². The van der Waals surface area contributed by atoms with E-state index >= 15 is 0 Å². The summed E-state index contributed by atoms with van der Waals surface area (Å²) in [6.07, 6.45) is 5.32. The van der Waals surface area contributed by atoms with E-state index in [0.29, 0.717) is 24.0 Å². The third-order valence-electron chi connectivity index (χ3n) is 5.26. The highest BCUT2D eigenvalue weighted by Crippen LogP contribution is 2.32. The Labute approximate surface area is 194 Å². The zero-order valence-electron chi connectivity index (χ0n) is 19.3. The number of pyridine rings is 1. The molecule has 2 aromatic heterocycles. The summed E-state index contributed by atoms with van der Waals surface area (Å²) < 4.78 is 2.10. The first-order chi connectivity index (χ1) is 15.5. The average molecular weight is 450 g/mol. The van der Waals surface area contributed by atoms with Gasteiger partial charge in [-0.2, -0.15) is 0 Å². The van der Waals surface area contributed by atoms with Crippen LogP contribution in [0.25, 0.3) is 17.1 Å². The molecule has 3 aromatic rings. The van der Waals surface area contributed by atoms with Crippen LogP contribution in [0.5, 0.6) is 0 Å². The summed E-state index contributed by atoms with van der Waals surface area (Å²) in [7, 11) is 0. The minimum Gasteiger partial charge on any atom is -0.338 e. The molecule has 0 aliphatic rings. The van der Waals surface area contributed by atoms with E-state index in [1.165, 1.54) is 22.9 Å². The number of likely N-dealkylation sites (N-methyl/N-ethyl adjacent to an activating group) is 1. The lowest BCUT2D eigenvalue weighted by atomic mass is 10.0. The minimum atomic E-state index is 0.0671. The second kappa shape index (κ2) is 11.1.